The van der Waals surface area contributed by atoms with Crippen molar-refractivity contribution < 1.29 is 4.79 Å². The summed E-state index contributed by atoms with van der Waals surface area (Å²) in [6, 6.07) is 5.07. The number of nitrogens with zero attached hydrogens (tertiary/aromatic N) is 1. The lowest BCUT2D eigenvalue weighted by molar-refractivity contribution is 0.0936. The summed E-state index contributed by atoms with van der Waals surface area (Å²) >= 11 is 5.69. The van der Waals surface area contributed by atoms with Gasteiger partial charge in [-0.3, -0.25) is 15.6 Å². The van der Waals surface area contributed by atoms with Gasteiger partial charge in [0.05, 0.1) is 6.04 Å². The molecule has 1 aromatic rings. The van der Waals surface area contributed by atoms with Crippen molar-refractivity contribution in [2.24, 2.45) is 0 Å². The predicted octanol–water partition coefficient (Wildman–Crippen LogP) is -0.0588. The fourth-order valence-electron chi connectivity index (χ4n) is 1.36. The van der Waals surface area contributed by atoms with Crippen LogP contribution in [0.25, 0.3) is 0 Å². The van der Waals surface area contributed by atoms with E-state index < -0.39 is 0 Å². The molecule has 0 saturated carbocycles. The minimum Gasteiger partial charge on any atom is -0.345 e. The highest BCUT2D eigenvalue weighted by Gasteiger charge is 2.17. The zero-order valence-electron chi connectivity index (χ0n) is 7.96. The molecule has 1 fully saturated rings. The lowest BCUT2D eigenvalue weighted by Gasteiger charge is -2.09. The van der Waals surface area contributed by atoms with Crippen molar-refractivity contribution in [3.8, 4) is 0 Å². The van der Waals surface area contributed by atoms with Crippen LogP contribution < -0.4 is 16.2 Å². The van der Waals surface area contributed by atoms with Crippen LogP contribution in [0.4, 0.5) is 0 Å². The summed E-state index contributed by atoms with van der Waals surface area (Å²) in [6.45, 7) is 1.43. The number of pyridine rings is 1. The van der Waals surface area contributed by atoms with Gasteiger partial charge in [0.1, 0.15) is 10.8 Å². The molecule has 0 radical (unpaired) electrons. The third-order valence-electron chi connectivity index (χ3n) is 2.10. The fraction of sp³-hybridized carbons (Fsp3) is 0.333. The Balaban J connectivity index is 2.01. The first-order valence-electron chi connectivity index (χ1n) is 4.65. The molecule has 3 N–H and O–H groups in total. The van der Waals surface area contributed by atoms with Crippen molar-refractivity contribution in [2.45, 2.75) is 6.04 Å². The average Bonchev–Trinajstić information content (AvgIpc) is 2.70. The summed E-state index contributed by atoms with van der Waals surface area (Å²) in [7, 11) is 0. The number of carbonyl (C=O) groups is 1. The number of hydrazine groups is 1. The summed E-state index contributed by atoms with van der Waals surface area (Å²) in [4.78, 5) is 15.6. The van der Waals surface area contributed by atoms with Gasteiger partial charge in [0, 0.05) is 13.1 Å². The van der Waals surface area contributed by atoms with Crippen LogP contribution in [-0.4, -0.2) is 30.0 Å². The predicted molar refractivity (Wildman–Crippen MR) is 56.5 cm³/mol. The van der Waals surface area contributed by atoms with Crippen molar-refractivity contribution >= 4 is 17.5 Å². The zero-order chi connectivity index (χ0) is 10.7. The molecule has 0 unspecified atom stereocenters. The van der Waals surface area contributed by atoms with Crippen LogP contribution in [0, 0.1) is 0 Å². The number of amides is 1. The van der Waals surface area contributed by atoms with E-state index in [-0.39, 0.29) is 11.9 Å². The molecule has 15 heavy (non-hydrogen) atoms. The monoisotopic (exact) mass is 226 g/mol. The summed E-state index contributed by atoms with van der Waals surface area (Å²) in [5.41, 5.74) is 6.20. The van der Waals surface area contributed by atoms with Crippen molar-refractivity contribution in [3.05, 3.63) is 29.0 Å². The van der Waals surface area contributed by atoms with Gasteiger partial charge in [-0.05, 0) is 12.1 Å². The molecule has 1 aromatic heterocycles. The molecule has 0 aromatic carbocycles. The van der Waals surface area contributed by atoms with E-state index in [1.54, 1.807) is 18.2 Å². The number of halogens is 1. The molecule has 1 saturated heterocycles. The topological polar surface area (TPSA) is 66.1 Å². The number of carbonyl (C=O) groups excluding carboxylic acids is 1. The van der Waals surface area contributed by atoms with Gasteiger partial charge >= 0.3 is 0 Å². The Kier molecular flexibility index (Phi) is 3.15. The molecule has 1 aliphatic heterocycles. The Bertz CT molecular complexity index is 365. The van der Waals surface area contributed by atoms with Crippen LogP contribution in [0.2, 0.25) is 5.15 Å². The molecular weight excluding hydrogens is 216 g/mol. The number of rotatable bonds is 2. The largest absolute Gasteiger partial charge is 0.345 e. The highest BCUT2D eigenvalue weighted by molar-refractivity contribution is 6.29. The van der Waals surface area contributed by atoms with E-state index in [0.717, 1.165) is 0 Å². The van der Waals surface area contributed by atoms with Crippen LogP contribution in [-0.2, 0) is 0 Å². The van der Waals surface area contributed by atoms with E-state index in [2.05, 4.69) is 21.2 Å². The number of hydrogen-bond acceptors (Lipinski definition) is 4. The first-order valence-corrected chi connectivity index (χ1v) is 5.02. The molecule has 6 heteroatoms. The first kappa shape index (κ1) is 10.4. The van der Waals surface area contributed by atoms with E-state index in [1.165, 1.54) is 0 Å². The molecule has 0 spiro atoms. The second-order valence-corrected chi connectivity index (χ2v) is 3.66. The maximum atomic E-state index is 11.7. The summed E-state index contributed by atoms with van der Waals surface area (Å²) in [5, 5.41) is 3.16. The maximum absolute atomic E-state index is 11.7. The Morgan fingerprint density at radius 2 is 2.20 bits per heavy atom. The lowest BCUT2D eigenvalue weighted by Crippen LogP contribution is -2.38. The quantitative estimate of drug-likeness (QED) is 0.619. The van der Waals surface area contributed by atoms with Crippen molar-refractivity contribution in [1.29, 1.82) is 0 Å². The molecule has 2 heterocycles. The Morgan fingerprint density at radius 3 is 2.87 bits per heavy atom. The normalized spacial score (nSPS) is 16.6. The van der Waals surface area contributed by atoms with Gasteiger partial charge < -0.3 is 5.32 Å². The Hall–Kier alpha value is -1.17. The van der Waals surface area contributed by atoms with Crippen LogP contribution in [0.15, 0.2) is 18.2 Å². The van der Waals surface area contributed by atoms with Crippen LogP contribution >= 0.6 is 11.6 Å². The van der Waals surface area contributed by atoms with Crippen molar-refractivity contribution in [1.82, 2.24) is 21.2 Å². The van der Waals surface area contributed by atoms with Gasteiger partial charge in [-0.15, -0.1) is 0 Å². The molecule has 5 nitrogen and oxygen atoms in total. The molecule has 80 valence electrons. The maximum Gasteiger partial charge on any atom is 0.270 e. The Labute approximate surface area is 92.2 Å². The van der Waals surface area contributed by atoms with Crippen molar-refractivity contribution in [3.63, 3.8) is 0 Å². The average molecular weight is 227 g/mol. The highest BCUT2D eigenvalue weighted by Crippen LogP contribution is 2.05. The second-order valence-electron chi connectivity index (χ2n) is 3.28. The number of hydrogen-bond donors (Lipinski definition) is 3. The van der Waals surface area contributed by atoms with E-state index in [9.17, 15) is 4.79 Å². The highest BCUT2D eigenvalue weighted by atomic mass is 35.5. The summed E-state index contributed by atoms with van der Waals surface area (Å²) < 4.78 is 0. The van der Waals surface area contributed by atoms with Gasteiger partial charge in [0.15, 0.2) is 0 Å². The molecule has 1 amide bonds. The van der Waals surface area contributed by atoms with Crippen molar-refractivity contribution in [2.75, 3.05) is 13.1 Å². The smallest absolute Gasteiger partial charge is 0.270 e. The van der Waals surface area contributed by atoms with E-state index in [1.807, 2.05) is 0 Å². The van der Waals surface area contributed by atoms with Gasteiger partial charge in [0.2, 0.25) is 0 Å². The first-order chi connectivity index (χ1) is 7.25. The van der Waals surface area contributed by atoms with Gasteiger partial charge in [-0.25, -0.2) is 4.98 Å². The molecule has 0 atom stereocenters. The molecule has 0 bridgehead atoms. The third kappa shape index (κ3) is 2.65. The van der Waals surface area contributed by atoms with E-state index >= 15 is 0 Å². The zero-order valence-corrected chi connectivity index (χ0v) is 8.71. The molecule has 1 aliphatic rings. The van der Waals surface area contributed by atoms with Gasteiger partial charge in [-0.2, -0.15) is 0 Å². The van der Waals surface area contributed by atoms with Crippen LogP contribution in [0.3, 0.4) is 0 Å². The summed E-state index contributed by atoms with van der Waals surface area (Å²) in [6.07, 6.45) is 0. The van der Waals surface area contributed by atoms with Gasteiger partial charge in [-0.1, -0.05) is 17.7 Å². The minimum absolute atomic E-state index is 0.0956. The molecule has 2 rings (SSSR count). The number of nitrogens with one attached hydrogen (secondary N) is 3. The summed E-state index contributed by atoms with van der Waals surface area (Å²) in [5.74, 6) is -0.201. The van der Waals surface area contributed by atoms with Crippen LogP contribution in [0.5, 0.6) is 0 Å². The Morgan fingerprint density at radius 1 is 1.47 bits per heavy atom. The SMILES string of the molecule is O=C(NC1CNNC1)c1cccc(Cl)n1. The standard InChI is InChI=1S/C9H11ClN4O/c10-8-3-1-2-7(14-8)9(15)13-6-4-11-12-5-6/h1-3,6,11-12H,4-5H2,(H,13,15). The minimum atomic E-state index is -0.201. The molecule has 0 aliphatic carbocycles. The van der Waals surface area contributed by atoms with Crippen LogP contribution in [0.1, 0.15) is 10.5 Å². The fourth-order valence-corrected chi connectivity index (χ4v) is 1.52. The van der Waals surface area contributed by atoms with E-state index in [4.69, 9.17) is 11.6 Å². The molecular formula is C9H11ClN4O. The second kappa shape index (κ2) is 4.57. The van der Waals surface area contributed by atoms with Gasteiger partial charge in [0.25, 0.3) is 5.91 Å². The number of aromatic nitrogens is 1. The lowest BCUT2D eigenvalue weighted by atomic mass is 10.3. The third-order valence-corrected chi connectivity index (χ3v) is 2.32. The van der Waals surface area contributed by atoms with E-state index in [0.29, 0.717) is 23.9 Å².